The second-order valence-electron chi connectivity index (χ2n) is 4.49. The fourth-order valence-corrected chi connectivity index (χ4v) is 2.88. The van der Waals surface area contributed by atoms with E-state index < -0.39 is 23.3 Å². The summed E-state index contributed by atoms with van der Waals surface area (Å²) in [6.07, 6.45) is 1.69. The monoisotopic (exact) mass is 233 g/mol. The molecule has 2 unspecified atom stereocenters. The Kier molecular flexibility index (Phi) is 3.82. The van der Waals surface area contributed by atoms with Gasteiger partial charge in [0.1, 0.15) is 5.41 Å². The maximum atomic E-state index is 11.9. The first kappa shape index (κ1) is 13.7. The van der Waals surface area contributed by atoms with Crippen LogP contribution in [0.5, 0.6) is 0 Å². The van der Waals surface area contributed by atoms with E-state index in [1.165, 1.54) is 0 Å². The zero-order valence-corrected chi connectivity index (χ0v) is 11.8. The van der Waals surface area contributed by atoms with E-state index in [9.17, 15) is 14.4 Å². The number of hydrogen-bond acceptors (Lipinski definition) is 3. The van der Waals surface area contributed by atoms with Crippen molar-refractivity contribution in [2.45, 2.75) is 26.7 Å². The van der Waals surface area contributed by atoms with Gasteiger partial charge in [-0.2, -0.15) is 0 Å². The van der Waals surface area contributed by atoms with Crippen LogP contribution >= 0.6 is 0 Å². The van der Waals surface area contributed by atoms with Crippen LogP contribution < -0.4 is 40.2 Å². The first-order valence-electron chi connectivity index (χ1n) is 5.16. The molecule has 4 amide bonds. The van der Waals surface area contributed by atoms with Crippen LogP contribution in [0.3, 0.4) is 0 Å². The number of urea groups is 1. The Balaban J connectivity index is 0.00000128. The topological polar surface area (TPSA) is 75.3 Å². The van der Waals surface area contributed by atoms with Crippen LogP contribution in [0.4, 0.5) is 4.79 Å². The minimum absolute atomic E-state index is 0. The number of amides is 4. The van der Waals surface area contributed by atoms with Crippen LogP contribution in [0, 0.1) is 17.3 Å². The summed E-state index contributed by atoms with van der Waals surface area (Å²) in [5.74, 6) is -0.899. The molecule has 1 heterocycles. The van der Waals surface area contributed by atoms with Crippen LogP contribution in [-0.4, -0.2) is 17.8 Å². The first-order chi connectivity index (χ1) is 6.99. The van der Waals surface area contributed by atoms with Crippen molar-refractivity contribution in [2.24, 2.45) is 17.3 Å². The summed E-state index contributed by atoms with van der Waals surface area (Å²) in [6.45, 7) is 3.77. The van der Waals surface area contributed by atoms with Crippen molar-refractivity contribution < 1.29 is 43.9 Å². The van der Waals surface area contributed by atoms with Crippen molar-refractivity contribution in [3.05, 3.63) is 0 Å². The molecule has 2 N–H and O–H groups in total. The summed E-state index contributed by atoms with van der Waals surface area (Å²) >= 11 is 0. The summed E-state index contributed by atoms with van der Waals surface area (Å²) in [5, 5.41) is 4.39. The van der Waals surface area contributed by atoms with Crippen molar-refractivity contribution >= 4 is 17.8 Å². The van der Waals surface area contributed by atoms with Crippen LogP contribution in [-0.2, 0) is 9.59 Å². The maximum Gasteiger partial charge on any atom is 1.00 e. The molecule has 2 rings (SSSR count). The Bertz CT molecular complexity index is 324. The second kappa shape index (κ2) is 4.47. The number of hydrogen-bond donors (Lipinski definition) is 2. The molecule has 2 fully saturated rings. The van der Waals surface area contributed by atoms with Gasteiger partial charge in [-0.15, -0.1) is 0 Å². The van der Waals surface area contributed by atoms with Gasteiger partial charge >= 0.3 is 35.6 Å². The van der Waals surface area contributed by atoms with Gasteiger partial charge in [0, 0.05) is 0 Å². The normalized spacial score (nSPS) is 32.0. The van der Waals surface area contributed by atoms with E-state index in [0.29, 0.717) is 0 Å². The summed E-state index contributed by atoms with van der Waals surface area (Å²) in [4.78, 5) is 34.7. The van der Waals surface area contributed by atoms with E-state index in [4.69, 9.17) is 0 Å². The van der Waals surface area contributed by atoms with Crippen LogP contribution in [0.1, 0.15) is 26.7 Å². The minimum Gasteiger partial charge on any atom is -0.277 e. The van der Waals surface area contributed by atoms with E-state index in [1.54, 1.807) is 0 Å². The van der Waals surface area contributed by atoms with Crippen molar-refractivity contribution in [1.29, 1.82) is 0 Å². The number of rotatable bonds is 0. The molecule has 0 aromatic rings. The Morgan fingerprint density at radius 2 is 1.38 bits per heavy atom. The molecule has 1 aliphatic heterocycles. The Morgan fingerprint density at radius 3 is 1.75 bits per heavy atom. The summed E-state index contributed by atoms with van der Waals surface area (Å²) in [6, 6.07) is -0.707. The number of imide groups is 2. The number of carbonyl (C=O) groups is 3. The quantitative estimate of drug-likeness (QED) is 0.356. The van der Waals surface area contributed by atoms with Gasteiger partial charge in [-0.3, -0.25) is 20.2 Å². The molecular formula is C10H14N2NaO3+. The van der Waals surface area contributed by atoms with Crippen LogP contribution in [0.2, 0.25) is 0 Å². The number of carbonyl (C=O) groups excluding carboxylic acids is 3. The van der Waals surface area contributed by atoms with Crippen molar-refractivity contribution in [3.63, 3.8) is 0 Å². The second-order valence-corrected chi connectivity index (χ2v) is 4.49. The van der Waals surface area contributed by atoms with Crippen molar-refractivity contribution in [2.75, 3.05) is 0 Å². The van der Waals surface area contributed by atoms with Gasteiger partial charge in [-0.25, -0.2) is 4.79 Å². The van der Waals surface area contributed by atoms with Crippen molar-refractivity contribution in [1.82, 2.24) is 10.6 Å². The largest absolute Gasteiger partial charge is 1.00 e. The molecular weight excluding hydrogens is 219 g/mol. The third kappa shape index (κ3) is 1.61. The molecule has 0 aromatic heterocycles. The third-order valence-corrected chi connectivity index (χ3v) is 3.79. The average Bonchev–Trinajstić information content (AvgIpc) is 2.41. The molecule has 1 saturated carbocycles. The van der Waals surface area contributed by atoms with E-state index >= 15 is 0 Å². The third-order valence-electron chi connectivity index (χ3n) is 3.79. The zero-order valence-electron chi connectivity index (χ0n) is 9.79. The molecule has 0 radical (unpaired) electrons. The molecule has 2 atom stereocenters. The molecule has 6 heteroatoms. The minimum atomic E-state index is -1.03. The van der Waals surface area contributed by atoms with E-state index in [0.717, 1.165) is 12.8 Å². The van der Waals surface area contributed by atoms with Crippen molar-refractivity contribution in [3.8, 4) is 0 Å². The predicted molar refractivity (Wildman–Crippen MR) is 51.7 cm³/mol. The smallest absolute Gasteiger partial charge is 0.277 e. The molecule has 0 aromatic carbocycles. The van der Waals surface area contributed by atoms with Gasteiger partial charge in [0.2, 0.25) is 11.8 Å². The van der Waals surface area contributed by atoms with Gasteiger partial charge in [-0.05, 0) is 24.7 Å². The van der Waals surface area contributed by atoms with E-state index in [-0.39, 0.29) is 41.4 Å². The Labute approximate surface area is 116 Å². The van der Waals surface area contributed by atoms with Crippen LogP contribution in [0.15, 0.2) is 0 Å². The maximum absolute atomic E-state index is 11.9. The predicted octanol–water partition coefficient (Wildman–Crippen LogP) is -2.59. The van der Waals surface area contributed by atoms with Gasteiger partial charge in [-0.1, -0.05) is 13.8 Å². The molecule has 1 spiro atoms. The average molecular weight is 233 g/mol. The van der Waals surface area contributed by atoms with Gasteiger partial charge in [0.25, 0.3) is 0 Å². The van der Waals surface area contributed by atoms with Gasteiger partial charge in [0.15, 0.2) is 0 Å². The standard InChI is InChI=1S/C10H14N2O3.Na/c1-5-3-4-6(2)10(5)7(13)11-9(15)12-8(10)14;/h5-6H,3-4H2,1-2H3,(H2,11,12,13,14,15);/q;+1. The number of barbiturate groups is 1. The number of nitrogens with one attached hydrogen (secondary N) is 2. The van der Waals surface area contributed by atoms with Crippen LogP contribution in [0.25, 0.3) is 0 Å². The molecule has 5 nitrogen and oxygen atoms in total. The zero-order chi connectivity index (χ0) is 11.2. The molecule has 82 valence electrons. The summed E-state index contributed by atoms with van der Waals surface area (Å²) in [5.41, 5.74) is -1.03. The molecule has 16 heavy (non-hydrogen) atoms. The summed E-state index contributed by atoms with van der Waals surface area (Å²) < 4.78 is 0. The molecule has 2 aliphatic rings. The van der Waals surface area contributed by atoms with Gasteiger partial charge in [0.05, 0.1) is 0 Å². The SMILES string of the molecule is CC1CCC(C)C12C(=O)NC(=O)NC2=O.[Na+]. The first-order valence-corrected chi connectivity index (χ1v) is 5.16. The molecule has 1 saturated heterocycles. The summed E-state index contributed by atoms with van der Waals surface area (Å²) in [7, 11) is 0. The Hall–Kier alpha value is -0.390. The van der Waals surface area contributed by atoms with Gasteiger partial charge < -0.3 is 0 Å². The Morgan fingerprint density at radius 1 is 1.00 bits per heavy atom. The fraction of sp³-hybridized carbons (Fsp3) is 0.700. The molecule has 0 bridgehead atoms. The molecule has 1 aliphatic carbocycles. The van der Waals surface area contributed by atoms with E-state index in [2.05, 4.69) is 10.6 Å². The van der Waals surface area contributed by atoms with E-state index in [1.807, 2.05) is 13.8 Å². The fourth-order valence-electron chi connectivity index (χ4n) is 2.88.